The van der Waals surface area contributed by atoms with Crippen LogP contribution in [0.2, 0.25) is 6.04 Å². The fourth-order valence-corrected chi connectivity index (χ4v) is 4.61. The van der Waals surface area contributed by atoms with Gasteiger partial charge in [-0.05, 0) is 76.5 Å². The molecule has 0 saturated heterocycles. The Morgan fingerprint density at radius 3 is 2.71 bits per heavy atom. The van der Waals surface area contributed by atoms with E-state index in [1.54, 1.807) is 0 Å². The third-order valence-electron chi connectivity index (χ3n) is 5.58. The molecule has 1 aliphatic carbocycles. The Hall–Kier alpha value is -1.85. The first-order chi connectivity index (χ1) is 14.8. The molecule has 0 aromatic rings. The minimum atomic E-state index is -0.412. The van der Waals surface area contributed by atoms with E-state index < -0.39 is 9.76 Å². The molecule has 1 rings (SSSR count). The van der Waals surface area contributed by atoms with Gasteiger partial charge in [0.1, 0.15) is 6.61 Å². The van der Waals surface area contributed by atoms with Crippen molar-refractivity contribution in [3.63, 3.8) is 0 Å². The maximum atomic E-state index is 11.7. The highest BCUT2D eigenvalue weighted by Crippen LogP contribution is 2.40. The van der Waals surface area contributed by atoms with Crippen molar-refractivity contribution in [1.82, 2.24) is 5.32 Å². The van der Waals surface area contributed by atoms with E-state index in [1.165, 1.54) is 36.0 Å². The van der Waals surface area contributed by atoms with Crippen LogP contribution >= 0.6 is 0 Å². The Labute approximate surface area is 192 Å². The van der Waals surface area contributed by atoms with Crippen LogP contribution in [0.4, 0.5) is 4.79 Å². The van der Waals surface area contributed by atoms with Crippen molar-refractivity contribution < 1.29 is 14.0 Å². The molecular formula is C26H43NO3Si. The van der Waals surface area contributed by atoms with Gasteiger partial charge < -0.3 is 14.5 Å². The van der Waals surface area contributed by atoms with E-state index in [9.17, 15) is 4.79 Å². The number of carbonyl (C=O) groups is 1. The molecule has 0 bridgehead atoms. The van der Waals surface area contributed by atoms with Crippen LogP contribution in [0.15, 0.2) is 58.7 Å². The number of carbonyl (C=O) groups excluding carboxylic acids is 1. The van der Waals surface area contributed by atoms with Crippen molar-refractivity contribution in [1.29, 1.82) is 0 Å². The molecule has 1 N–H and O–H groups in total. The molecule has 0 heterocycles. The largest absolute Gasteiger partial charge is 0.445 e. The number of amides is 1. The second-order valence-corrected chi connectivity index (χ2v) is 10.4. The summed E-state index contributed by atoms with van der Waals surface area (Å²) in [6.45, 7) is 14.8. The Bertz CT molecular complexity index is 714. The van der Waals surface area contributed by atoms with E-state index in [4.69, 9.17) is 9.16 Å². The molecule has 174 valence electrons. The number of rotatable bonds is 12. The number of ether oxygens (including phenoxy) is 1. The van der Waals surface area contributed by atoms with Gasteiger partial charge in [0.05, 0.1) is 0 Å². The number of hydrogen-bond acceptors (Lipinski definition) is 3. The predicted molar refractivity (Wildman–Crippen MR) is 135 cm³/mol. The summed E-state index contributed by atoms with van der Waals surface area (Å²) in [5.41, 5.74) is 5.56. The van der Waals surface area contributed by atoms with Crippen molar-refractivity contribution in [2.45, 2.75) is 73.3 Å². The Morgan fingerprint density at radius 1 is 1.23 bits per heavy atom. The minimum absolute atomic E-state index is 0.270. The number of allylic oxidation sites excluding steroid dienone is 9. The highest BCUT2D eigenvalue weighted by molar-refractivity contribution is 6.26. The molecular weight excluding hydrogens is 402 g/mol. The van der Waals surface area contributed by atoms with Gasteiger partial charge in [0, 0.05) is 13.2 Å². The van der Waals surface area contributed by atoms with Crippen LogP contribution in [0.25, 0.3) is 0 Å². The summed E-state index contributed by atoms with van der Waals surface area (Å²) in [5.74, 6) is 0. The van der Waals surface area contributed by atoms with Crippen molar-refractivity contribution in [2.24, 2.45) is 5.41 Å². The molecule has 4 nitrogen and oxygen atoms in total. The smallest absolute Gasteiger partial charge is 0.407 e. The Morgan fingerprint density at radius 2 is 2.00 bits per heavy atom. The third kappa shape index (κ3) is 11.9. The highest BCUT2D eigenvalue weighted by Gasteiger charge is 2.26. The van der Waals surface area contributed by atoms with Gasteiger partial charge in [0.15, 0.2) is 9.76 Å². The lowest BCUT2D eigenvalue weighted by atomic mass is 9.72. The maximum absolute atomic E-state index is 11.7. The van der Waals surface area contributed by atoms with E-state index in [2.05, 4.69) is 51.2 Å². The van der Waals surface area contributed by atoms with Crippen molar-refractivity contribution >= 4 is 15.9 Å². The molecule has 31 heavy (non-hydrogen) atoms. The van der Waals surface area contributed by atoms with Crippen LogP contribution in [0.5, 0.6) is 0 Å². The molecule has 0 aliphatic heterocycles. The van der Waals surface area contributed by atoms with Crippen LogP contribution in [-0.2, 0) is 9.16 Å². The van der Waals surface area contributed by atoms with Gasteiger partial charge >= 0.3 is 6.09 Å². The second kappa shape index (κ2) is 15.0. The van der Waals surface area contributed by atoms with Crippen molar-refractivity contribution in [2.75, 3.05) is 19.8 Å². The summed E-state index contributed by atoms with van der Waals surface area (Å²) in [6, 6.07) is 1.08. The first kappa shape index (κ1) is 27.2. The van der Waals surface area contributed by atoms with E-state index in [0.29, 0.717) is 6.54 Å². The zero-order valence-electron chi connectivity index (χ0n) is 20.6. The SMILES string of the molecule is CCO[SiH2]CCCNC(=O)OC/C=C(C)/C=C/C=C(C)/C=C/C1=C(C)CCCC1(C)C. The first-order valence-corrected chi connectivity index (χ1v) is 13.2. The molecule has 0 fully saturated rings. The highest BCUT2D eigenvalue weighted by atomic mass is 28.2. The monoisotopic (exact) mass is 445 g/mol. The van der Waals surface area contributed by atoms with Crippen molar-refractivity contribution in [3.05, 3.63) is 58.7 Å². The minimum Gasteiger partial charge on any atom is -0.445 e. The average molecular weight is 446 g/mol. The van der Waals surface area contributed by atoms with Crippen LogP contribution in [0.3, 0.4) is 0 Å². The molecule has 1 aliphatic rings. The van der Waals surface area contributed by atoms with E-state index in [0.717, 1.165) is 24.6 Å². The summed E-state index contributed by atoms with van der Waals surface area (Å²) >= 11 is 0. The lowest BCUT2D eigenvalue weighted by molar-refractivity contribution is 0.158. The van der Waals surface area contributed by atoms with Crippen LogP contribution in [0.1, 0.15) is 67.2 Å². The third-order valence-corrected chi connectivity index (χ3v) is 7.07. The van der Waals surface area contributed by atoms with Gasteiger partial charge in [-0.25, -0.2) is 4.79 Å². The summed E-state index contributed by atoms with van der Waals surface area (Å²) in [7, 11) is -0.412. The van der Waals surface area contributed by atoms with E-state index in [-0.39, 0.29) is 18.1 Å². The second-order valence-electron chi connectivity index (χ2n) is 8.91. The number of nitrogens with one attached hydrogen (secondary N) is 1. The maximum Gasteiger partial charge on any atom is 0.407 e. The molecule has 0 unspecified atom stereocenters. The summed E-state index contributed by atoms with van der Waals surface area (Å²) in [6.07, 6.45) is 17.0. The fourth-order valence-electron chi connectivity index (χ4n) is 3.66. The van der Waals surface area contributed by atoms with Gasteiger partial charge in [-0.3, -0.25) is 0 Å². The van der Waals surface area contributed by atoms with Gasteiger partial charge in [-0.2, -0.15) is 0 Å². The van der Waals surface area contributed by atoms with E-state index in [1.807, 2.05) is 32.1 Å². The first-order valence-electron chi connectivity index (χ1n) is 11.6. The Kier molecular flexibility index (Phi) is 13.2. The zero-order valence-corrected chi connectivity index (χ0v) is 22.0. The quantitative estimate of drug-likeness (QED) is 0.222. The summed E-state index contributed by atoms with van der Waals surface area (Å²) in [5, 5.41) is 2.78. The molecule has 0 aromatic heterocycles. The van der Waals surface area contributed by atoms with Gasteiger partial charge in [0.25, 0.3) is 0 Å². The lowest BCUT2D eigenvalue weighted by Crippen LogP contribution is -2.25. The van der Waals surface area contributed by atoms with Crippen LogP contribution in [0, 0.1) is 5.41 Å². The topological polar surface area (TPSA) is 47.6 Å². The van der Waals surface area contributed by atoms with Gasteiger partial charge in [-0.15, -0.1) is 0 Å². The lowest BCUT2D eigenvalue weighted by Gasteiger charge is -2.32. The molecule has 0 spiro atoms. The van der Waals surface area contributed by atoms with Crippen molar-refractivity contribution in [3.8, 4) is 0 Å². The van der Waals surface area contributed by atoms with Gasteiger partial charge in [0.2, 0.25) is 0 Å². The summed E-state index contributed by atoms with van der Waals surface area (Å²) < 4.78 is 10.6. The molecule has 1 amide bonds. The molecule has 5 heteroatoms. The van der Waals surface area contributed by atoms with Crippen LogP contribution < -0.4 is 5.32 Å². The number of hydrogen-bond donors (Lipinski definition) is 1. The van der Waals surface area contributed by atoms with Crippen LogP contribution in [-0.4, -0.2) is 35.6 Å². The molecule has 0 aromatic carbocycles. The predicted octanol–water partition coefficient (Wildman–Crippen LogP) is 6.17. The van der Waals surface area contributed by atoms with E-state index >= 15 is 0 Å². The molecule has 0 atom stereocenters. The Balaban J connectivity index is 2.38. The fraction of sp³-hybridized carbons (Fsp3) is 0.577. The average Bonchev–Trinajstić information content (AvgIpc) is 2.69. The normalized spacial score (nSPS) is 18.0. The zero-order chi connectivity index (χ0) is 23.1. The molecule has 0 radical (unpaired) electrons. The summed E-state index contributed by atoms with van der Waals surface area (Å²) in [4.78, 5) is 11.7. The number of alkyl carbamates (subject to hydrolysis) is 1. The van der Waals surface area contributed by atoms with Gasteiger partial charge in [-0.1, -0.05) is 60.9 Å². The molecule has 0 saturated carbocycles. The standard InChI is InChI=1S/C26H43NO3Si/c1-7-30-31-20-10-18-27-25(28)29-19-16-22(3)12-8-11-21(2)14-15-24-23(4)13-9-17-26(24,5)6/h8,11-12,14-16H,7,9-10,13,17-20,31H2,1-6H3,(H,27,28)/b12-8+,15-14+,21-11+,22-16+.